The zero-order valence-corrected chi connectivity index (χ0v) is 11.7. The van der Waals surface area contributed by atoms with Gasteiger partial charge in [-0.2, -0.15) is 4.98 Å². The minimum atomic E-state index is -0.527. The van der Waals surface area contributed by atoms with E-state index >= 15 is 0 Å². The lowest BCUT2D eigenvalue weighted by atomic mass is 10.2. The highest BCUT2D eigenvalue weighted by atomic mass is 16.6. The fourth-order valence-corrected chi connectivity index (χ4v) is 1.76. The molecule has 1 aromatic carbocycles. The Kier molecular flexibility index (Phi) is 4.68. The second-order valence-electron chi connectivity index (χ2n) is 4.21. The Labute approximate surface area is 121 Å². The highest BCUT2D eigenvalue weighted by Crippen LogP contribution is 2.30. The van der Waals surface area contributed by atoms with Crippen LogP contribution in [0, 0.1) is 10.1 Å². The number of methoxy groups -OCH3 is 1. The summed E-state index contributed by atoms with van der Waals surface area (Å²) >= 11 is 0. The Bertz CT molecular complexity index is 646. The van der Waals surface area contributed by atoms with Gasteiger partial charge in [-0.25, -0.2) is 0 Å². The van der Waals surface area contributed by atoms with Gasteiger partial charge in [0.25, 0.3) is 0 Å². The first-order valence-corrected chi connectivity index (χ1v) is 6.23. The van der Waals surface area contributed by atoms with Crippen molar-refractivity contribution in [2.45, 2.75) is 6.61 Å². The number of aromatic nitrogens is 1. The van der Waals surface area contributed by atoms with Gasteiger partial charge in [-0.1, -0.05) is 12.1 Å². The molecule has 0 spiro atoms. The Balaban J connectivity index is 2.33. The van der Waals surface area contributed by atoms with E-state index < -0.39 is 4.92 Å². The number of benzene rings is 1. The molecule has 1 N–H and O–H groups in total. The van der Waals surface area contributed by atoms with Crippen molar-refractivity contribution < 1.29 is 14.4 Å². The Morgan fingerprint density at radius 3 is 2.81 bits per heavy atom. The van der Waals surface area contributed by atoms with Crippen molar-refractivity contribution in [1.29, 1.82) is 0 Å². The summed E-state index contributed by atoms with van der Waals surface area (Å²) in [6.45, 7) is 0.434. The van der Waals surface area contributed by atoms with E-state index in [-0.39, 0.29) is 11.6 Å². The summed E-state index contributed by atoms with van der Waals surface area (Å²) in [5, 5.41) is 13.8. The van der Waals surface area contributed by atoms with Crippen LogP contribution in [0.5, 0.6) is 11.6 Å². The summed E-state index contributed by atoms with van der Waals surface area (Å²) in [5.74, 6) is 0.901. The molecule has 2 rings (SSSR count). The molecule has 7 heteroatoms. The lowest BCUT2D eigenvalue weighted by Gasteiger charge is -2.08. The summed E-state index contributed by atoms with van der Waals surface area (Å²) in [6.07, 6.45) is 0. The molecule has 0 aliphatic rings. The van der Waals surface area contributed by atoms with E-state index in [0.717, 1.165) is 5.56 Å². The molecular formula is C14H15N3O4. The van der Waals surface area contributed by atoms with Gasteiger partial charge in [0.15, 0.2) is 0 Å². The van der Waals surface area contributed by atoms with Crippen LogP contribution in [0.25, 0.3) is 0 Å². The van der Waals surface area contributed by atoms with Crippen LogP contribution in [0.3, 0.4) is 0 Å². The summed E-state index contributed by atoms with van der Waals surface area (Å²) in [6, 6.07) is 10.00. The third kappa shape index (κ3) is 3.67. The van der Waals surface area contributed by atoms with Crippen molar-refractivity contribution in [3.63, 3.8) is 0 Å². The zero-order chi connectivity index (χ0) is 15.2. The molecule has 1 heterocycles. The fraction of sp³-hybridized carbons (Fsp3) is 0.214. The van der Waals surface area contributed by atoms with E-state index in [4.69, 9.17) is 9.47 Å². The van der Waals surface area contributed by atoms with Gasteiger partial charge in [-0.05, 0) is 23.8 Å². The molecule has 0 saturated carbocycles. The van der Waals surface area contributed by atoms with Gasteiger partial charge < -0.3 is 14.8 Å². The minimum absolute atomic E-state index is 0.0542. The maximum Gasteiger partial charge on any atom is 0.331 e. The second-order valence-corrected chi connectivity index (χ2v) is 4.21. The minimum Gasteiger partial charge on any atom is -0.434 e. The number of nitrogens with zero attached hydrogens (tertiary/aromatic N) is 2. The number of nitro groups is 1. The van der Waals surface area contributed by atoms with Crippen molar-refractivity contribution in [2.75, 3.05) is 19.5 Å². The van der Waals surface area contributed by atoms with Crippen LogP contribution < -0.4 is 10.1 Å². The maximum absolute atomic E-state index is 11.0. The lowest BCUT2D eigenvalue weighted by molar-refractivity contribution is -0.386. The molecule has 0 unspecified atom stereocenters. The average Bonchev–Trinajstić information content (AvgIpc) is 2.47. The summed E-state index contributed by atoms with van der Waals surface area (Å²) in [7, 11) is 3.27. The monoisotopic (exact) mass is 289 g/mol. The molecule has 0 amide bonds. The Morgan fingerprint density at radius 2 is 2.14 bits per heavy atom. The van der Waals surface area contributed by atoms with Crippen LogP contribution in [0.2, 0.25) is 0 Å². The number of pyridine rings is 1. The molecule has 0 aliphatic heterocycles. The van der Waals surface area contributed by atoms with Gasteiger partial charge >= 0.3 is 11.6 Å². The van der Waals surface area contributed by atoms with Crippen molar-refractivity contribution in [3.8, 4) is 11.6 Å². The van der Waals surface area contributed by atoms with Gasteiger partial charge in [0.05, 0.1) is 11.5 Å². The maximum atomic E-state index is 11.0. The van der Waals surface area contributed by atoms with Crippen molar-refractivity contribution >= 4 is 11.5 Å². The highest BCUT2D eigenvalue weighted by Gasteiger charge is 2.18. The van der Waals surface area contributed by atoms with E-state index in [2.05, 4.69) is 10.3 Å². The highest BCUT2D eigenvalue weighted by molar-refractivity contribution is 5.50. The van der Waals surface area contributed by atoms with Gasteiger partial charge in [0.1, 0.15) is 11.6 Å². The van der Waals surface area contributed by atoms with Crippen LogP contribution in [-0.2, 0) is 11.3 Å². The molecule has 21 heavy (non-hydrogen) atoms. The average molecular weight is 289 g/mol. The number of anilines is 1. The first kappa shape index (κ1) is 14.7. The first-order chi connectivity index (χ1) is 10.1. The lowest BCUT2D eigenvalue weighted by Crippen LogP contribution is -1.99. The van der Waals surface area contributed by atoms with Crippen LogP contribution in [0.15, 0.2) is 36.4 Å². The third-order valence-corrected chi connectivity index (χ3v) is 2.72. The molecule has 0 saturated heterocycles. The molecule has 0 fully saturated rings. The molecule has 0 atom stereocenters. The number of ether oxygens (including phenoxy) is 2. The molecule has 0 radical (unpaired) electrons. The van der Waals surface area contributed by atoms with Crippen molar-refractivity contribution in [3.05, 3.63) is 52.1 Å². The van der Waals surface area contributed by atoms with E-state index in [0.29, 0.717) is 18.2 Å². The van der Waals surface area contributed by atoms with Crippen LogP contribution >= 0.6 is 0 Å². The van der Waals surface area contributed by atoms with Crippen molar-refractivity contribution in [2.24, 2.45) is 0 Å². The number of rotatable bonds is 6. The first-order valence-electron chi connectivity index (χ1n) is 6.23. The van der Waals surface area contributed by atoms with E-state index in [9.17, 15) is 10.1 Å². The van der Waals surface area contributed by atoms with Gasteiger partial charge in [0.2, 0.25) is 0 Å². The summed E-state index contributed by atoms with van der Waals surface area (Å²) in [4.78, 5) is 14.6. The Morgan fingerprint density at radius 1 is 1.33 bits per heavy atom. The van der Waals surface area contributed by atoms with Gasteiger partial charge in [0, 0.05) is 20.2 Å². The molecular weight excluding hydrogens is 274 g/mol. The number of hydrogen-bond donors (Lipinski definition) is 1. The molecule has 1 aromatic heterocycles. The predicted molar refractivity (Wildman–Crippen MR) is 77.7 cm³/mol. The van der Waals surface area contributed by atoms with E-state index in [1.54, 1.807) is 32.4 Å². The zero-order valence-electron chi connectivity index (χ0n) is 11.7. The molecule has 0 aliphatic carbocycles. The summed E-state index contributed by atoms with van der Waals surface area (Å²) < 4.78 is 10.6. The van der Waals surface area contributed by atoms with Gasteiger partial charge in [-0.3, -0.25) is 10.1 Å². The smallest absolute Gasteiger partial charge is 0.331 e. The number of hydrogen-bond acceptors (Lipinski definition) is 6. The van der Waals surface area contributed by atoms with Crippen molar-refractivity contribution in [1.82, 2.24) is 4.98 Å². The standard InChI is InChI=1S/C14H15N3O4/c1-15-13-7-6-12(17(18)19)14(16-13)21-11-5-3-4-10(8-11)9-20-2/h3-8H,9H2,1-2H3,(H,15,16). The van der Waals surface area contributed by atoms with E-state index in [1.807, 2.05) is 6.07 Å². The summed E-state index contributed by atoms with van der Waals surface area (Å²) in [5.41, 5.74) is 0.716. The van der Waals surface area contributed by atoms with E-state index in [1.165, 1.54) is 12.1 Å². The molecule has 0 bridgehead atoms. The van der Waals surface area contributed by atoms with Crippen LogP contribution in [0.1, 0.15) is 5.56 Å². The normalized spacial score (nSPS) is 10.2. The quantitative estimate of drug-likeness (QED) is 0.650. The Hall–Kier alpha value is -2.67. The van der Waals surface area contributed by atoms with Crippen LogP contribution in [0.4, 0.5) is 11.5 Å². The largest absolute Gasteiger partial charge is 0.434 e. The third-order valence-electron chi connectivity index (χ3n) is 2.72. The number of nitrogens with one attached hydrogen (secondary N) is 1. The SMILES string of the molecule is CNc1ccc([N+](=O)[O-])c(Oc2cccc(COC)c2)n1. The fourth-order valence-electron chi connectivity index (χ4n) is 1.76. The molecule has 2 aromatic rings. The van der Waals surface area contributed by atoms with Crippen LogP contribution in [-0.4, -0.2) is 24.1 Å². The second kappa shape index (κ2) is 6.67. The molecule has 110 valence electrons. The predicted octanol–water partition coefficient (Wildman–Crippen LogP) is 2.97. The molecule has 7 nitrogen and oxygen atoms in total. The van der Waals surface area contributed by atoms with Gasteiger partial charge in [-0.15, -0.1) is 0 Å². The topological polar surface area (TPSA) is 86.5 Å².